The highest BCUT2D eigenvalue weighted by atomic mass is 16.2. The van der Waals surface area contributed by atoms with Crippen molar-refractivity contribution < 1.29 is 9.59 Å². The van der Waals surface area contributed by atoms with Crippen LogP contribution in [0, 0.1) is 0 Å². The summed E-state index contributed by atoms with van der Waals surface area (Å²) >= 11 is 0. The first kappa shape index (κ1) is 15.5. The van der Waals surface area contributed by atoms with Crippen molar-refractivity contribution >= 4 is 11.9 Å². The third-order valence-corrected chi connectivity index (χ3v) is 4.19. The summed E-state index contributed by atoms with van der Waals surface area (Å²) in [6, 6.07) is 9.28. The lowest BCUT2D eigenvalue weighted by Gasteiger charge is -2.37. The molecule has 114 valence electrons. The number of hydrogen-bond donors (Lipinski definition) is 0. The Balaban J connectivity index is 2.66. The van der Waals surface area contributed by atoms with Crippen molar-refractivity contribution in [3.63, 3.8) is 0 Å². The fraction of sp³-hybridized carbons (Fsp3) is 0.529. The van der Waals surface area contributed by atoms with E-state index in [1.54, 1.807) is 4.90 Å². The second-order valence-corrected chi connectivity index (χ2v) is 6.10. The molecule has 3 amide bonds. The number of benzene rings is 1. The van der Waals surface area contributed by atoms with Gasteiger partial charge in [-0.3, -0.25) is 9.69 Å². The predicted octanol–water partition coefficient (Wildman–Crippen LogP) is 3.37. The molecule has 1 fully saturated rings. The molecule has 0 radical (unpaired) electrons. The van der Waals surface area contributed by atoms with Gasteiger partial charge in [0, 0.05) is 12.1 Å². The molecule has 2 rings (SSSR count). The van der Waals surface area contributed by atoms with Crippen LogP contribution in [0.15, 0.2) is 30.3 Å². The second-order valence-electron chi connectivity index (χ2n) is 6.10. The fourth-order valence-electron chi connectivity index (χ4n) is 3.29. The van der Waals surface area contributed by atoms with E-state index in [-0.39, 0.29) is 24.0 Å². The number of amides is 3. The number of rotatable bonds is 4. The molecule has 0 spiro atoms. The predicted molar refractivity (Wildman–Crippen MR) is 82.8 cm³/mol. The Bertz CT molecular complexity index is 539. The van der Waals surface area contributed by atoms with Gasteiger partial charge in [-0.2, -0.15) is 0 Å². The first-order valence-electron chi connectivity index (χ1n) is 7.60. The van der Waals surface area contributed by atoms with Gasteiger partial charge in [-0.1, -0.05) is 37.3 Å². The average molecular weight is 288 g/mol. The van der Waals surface area contributed by atoms with Gasteiger partial charge in [0.05, 0.1) is 0 Å². The van der Waals surface area contributed by atoms with Gasteiger partial charge < -0.3 is 4.90 Å². The van der Waals surface area contributed by atoms with E-state index in [0.29, 0.717) is 6.42 Å². The summed E-state index contributed by atoms with van der Waals surface area (Å²) in [5.41, 5.74) is 0.0132. The largest absolute Gasteiger partial charge is 0.328 e. The van der Waals surface area contributed by atoms with Crippen molar-refractivity contribution in [3.8, 4) is 0 Å². The molecule has 4 heteroatoms. The second kappa shape index (κ2) is 5.51. The summed E-state index contributed by atoms with van der Waals surface area (Å²) in [5.74, 6) is -0.107. The molecule has 1 unspecified atom stereocenters. The Morgan fingerprint density at radius 1 is 1.00 bits per heavy atom. The number of hydrogen-bond acceptors (Lipinski definition) is 2. The van der Waals surface area contributed by atoms with Crippen molar-refractivity contribution in [1.29, 1.82) is 0 Å². The van der Waals surface area contributed by atoms with E-state index in [2.05, 4.69) is 0 Å². The molecule has 1 aliphatic heterocycles. The Kier molecular flexibility index (Phi) is 4.08. The molecule has 1 saturated heterocycles. The van der Waals surface area contributed by atoms with E-state index in [4.69, 9.17) is 0 Å². The van der Waals surface area contributed by atoms with Crippen LogP contribution in [0.2, 0.25) is 0 Å². The SMILES string of the molecule is CCC1(c2ccccc2)C(=O)N(C(C)C)C(=O)N1C(C)C. The van der Waals surface area contributed by atoms with Gasteiger partial charge in [-0.05, 0) is 39.7 Å². The molecule has 1 aromatic carbocycles. The highest BCUT2D eigenvalue weighted by Gasteiger charge is 2.58. The summed E-state index contributed by atoms with van der Waals surface area (Å²) < 4.78 is 0. The number of carbonyl (C=O) groups excluding carboxylic acids is 2. The summed E-state index contributed by atoms with van der Waals surface area (Å²) in [7, 11) is 0. The van der Waals surface area contributed by atoms with Crippen LogP contribution in [0.4, 0.5) is 4.79 Å². The maximum Gasteiger partial charge on any atom is 0.328 e. The van der Waals surface area contributed by atoms with Crippen molar-refractivity contribution in [3.05, 3.63) is 35.9 Å². The molecule has 1 atom stereocenters. The lowest BCUT2D eigenvalue weighted by Crippen LogP contribution is -2.49. The van der Waals surface area contributed by atoms with Crippen LogP contribution in [0.3, 0.4) is 0 Å². The van der Waals surface area contributed by atoms with Crippen molar-refractivity contribution in [2.75, 3.05) is 0 Å². The summed E-state index contributed by atoms with van der Waals surface area (Å²) in [4.78, 5) is 29.0. The van der Waals surface area contributed by atoms with Crippen molar-refractivity contribution in [1.82, 2.24) is 9.80 Å². The lowest BCUT2D eigenvalue weighted by atomic mass is 9.84. The Hall–Kier alpha value is -1.84. The third-order valence-electron chi connectivity index (χ3n) is 4.19. The smallest absolute Gasteiger partial charge is 0.303 e. The molecule has 4 nitrogen and oxygen atoms in total. The van der Waals surface area contributed by atoms with Gasteiger partial charge in [-0.15, -0.1) is 0 Å². The molecule has 0 bridgehead atoms. The lowest BCUT2D eigenvalue weighted by molar-refractivity contribution is -0.135. The zero-order chi connectivity index (χ0) is 15.8. The maximum atomic E-state index is 13.1. The monoisotopic (exact) mass is 288 g/mol. The van der Waals surface area contributed by atoms with Gasteiger partial charge in [0.25, 0.3) is 5.91 Å². The molecule has 0 aromatic heterocycles. The minimum Gasteiger partial charge on any atom is -0.303 e. The molecular weight excluding hydrogens is 264 g/mol. The molecule has 0 saturated carbocycles. The van der Waals surface area contributed by atoms with Gasteiger partial charge >= 0.3 is 6.03 Å². The van der Waals surface area contributed by atoms with Gasteiger partial charge in [0.2, 0.25) is 0 Å². The molecular formula is C17H24N2O2. The van der Waals surface area contributed by atoms with Gasteiger partial charge in [-0.25, -0.2) is 4.79 Å². The Morgan fingerprint density at radius 2 is 1.57 bits per heavy atom. The fourth-order valence-corrected chi connectivity index (χ4v) is 3.29. The van der Waals surface area contributed by atoms with Crippen LogP contribution in [0.1, 0.15) is 46.6 Å². The molecule has 21 heavy (non-hydrogen) atoms. The highest BCUT2D eigenvalue weighted by molar-refractivity contribution is 6.07. The number of urea groups is 1. The van der Waals surface area contributed by atoms with Gasteiger partial charge in [0.15, 0.2) is 0 Å². The first-order chi connectivity index (χ1) is 9.87. The molecule has 0 N–H and O–H groups in total. The Morgan fingerprint density at radius 3 is 2.00 bits per heavy atom. The van der Waals surface area contributed by atoms with Crippen molar-refractivity contribution in [2.24, 2.45) is 0 Å². The van der Waals surface area contributed by atoms with Gasteiger partial charge in [0.1, 0.15) is 5.54 Å². The van der Waals surface area contributed by atoms with Crippen LogP contribution in [-0.4, -0.2) is 33.8 Å². The highest BCUT2D eigenvalue weighted by Crippen LogP contribution is 2.42. The van der Waals surface area contributed by atoms with Crippen molar-refractivity contribution in [2.45, 2.75) is 58.7 Å². The zero-order valence-electron chi connectivity index (χ0n) is 13.5. The quantitative estimate of drug-likeness (QED) is 0.797. The molecule has 1 heterocycles. The summed E-state index contributed by atoms with van der Waals surface area (Å²) in [6.45, 7) is 9.65. The van der Waals surface area contributed by atoms with Crippen LogP contribution in [0.5, 0.6) is 0 Å². The standard InChI is InChI=1S/C17H24N2O2/c1-6-17(14-10-8-7-9-11-14)15(20)18(12(2)3)16(21)19(17)13(4)5/h7-13H,6H2,1-5H3. The van der Waals surface area contributed by atoms with Crippen LogP contribution >= 0.6 is 0 Å². The topological polar surface area (TPSA) is 40.6 Å². The van der Waals surface area contributed by atoms with E-state index in [1.807, 2.05) is 65.0 Å². The molecule has 0 aliphatic carbocycles. The normalized spacial score (nSPS) is 22.8. The maximum absolute atomic E-state index is 13.1. The van der Waals surface area contributed by atoms with E-state index in [0.717, 1.165) is 5.56 Å². The minimum absolute atomic E-state index is 0.0367. The molecule has 1 aromatic rings. The van der Waals surface area contributed by atoms with Crippen LogP contribution in [-0.2, 0) is 10.3 Å². The summed E-state index contributed by atoms with van der Waals surface area (Å²) in [5, 5.41) is 0. The van der Waals surface area contributed by atoms with E-state index in [9.17, 15) is 9.59 Å². The number of nitrogens with zero attached hydrogens (tertiary/aromatic N) is 2. The Labute approximate surface area is 126 Å². The minimum atomic E-state index is -0.878. The van der Waals surface area contributed by atoms with E-state index < -0.39 is 5.54 Å². The third kappa shape index (κ3) is 2.13. The van der Waals surface area contributed by atoms with Crippen LogP contribution in [0.25, 0.3) is 0 Å². The first-order valence-corrected chi connectivity index (χ1v) is 7.60. The summed E-state index contributed by atoms with van der Waals surface area (Å²) in [6.07, 6.45) is 0.572. The van der Waals surface area contributed by atoms with E-state index >= 15 is 0 Å². The number of carbonyl (C=O) groups is 2. The number of imide groups is 1. The zero-order valence-corrected chi connectivity index (χ0v) is 13.5. The molecule has 1 aliphatic rings. The van der Waals surface area contributed by atoms with Crippen LogP contribution < -0.4 is 0 Å². The average Bonchev–Trinajstić information content (AvgIpc) is 2.67. The van der Waals surface area contributed by atoms with E-state index in [1.165, 1.54) is 4.90 Å².